The molecule has 0 aliphatic heterocycles. The lowest BCUT2D eigenvalue weighted by Crippen LogP contribution is -2.00. The zero-order chi connectivity index (χ0) is 22.5. The lowest BCUT2D eigenvalue weighted by molar-refractivity contribution is 0.475. The van der Waals surface area contributed by atoms with Crippen LogP contribution >= 0.6 is 0 Å². The summed E-state index contributed by atoms with van der Waals surface area (Å²) in [5.74, 6) is 0.894. The Kier molecular flexibility index (Phi) is 11.8. The number of phenols is 1. The molecular formula is C30H46O. The summed E-state index contributed by atoms with van der Waals surface area (Å²) in [6.07, 6.45) is 18.1. The van der Waals surface area contributed by atoms with Gasteiger partial charge in [0.2, 0.25) is 0 Å². The second-order valence-corrected chi connectivity index (χ2v) is 9.67. The number of unbranched alkanes of at least 4 members (excludes halogenated alkanes) is 11. The first-order valence-electron chi connectivity index (χ1n) is 12.9. The van der Waals surface area contributed by atoms with Gasteiger partial charge in [0.25, 0.3) is 0 Å². The Hall–Kier alpha value is -1.76. The summed E-state index contributed by atoms with van der Waals surface area (Å²) in [6, 6.07) is 12.4. The fourth-order valence-electron chi connectivity index (χ4n) is 4.86. The van der Waals surface area contributed by atoms with Crippen LogP contribution < -0.4 is 0 Å². The van der Waals surface area contributed by atoms with Crippen LogP contribution in [0.4, 0.5) is 0 Å². The van der Waals surface area contributed by atoms with Crippen LogP contribution in [0.2, 0.25) is 0 Å². The molecule has 2 aromatic carbocycles. The van der Waals surface area contributed by atoms with Crippen LogP contribution in [0.1, 0.15) is 120 Å². The van der Waals surface area contributed by atoms with E-state index in [9.17, 15) is 5.11 Å². The van der Waals surface area contributed by atoms with Gasteiger partial charge in [-0.25, -0.2) is 0 Å². The molecule has 1 nitrogen and oxygen atoms in total. The number of aryl methyl sites for hydroxylation is 2. The molecule has 0 bridgehead atoms. The molecule has 0 fully saturated rings. The van der Waals surface area contributed by atoms with E-state index in [0.29, 0.717) is 11.7 Å². The minimum atomic E-state index is 0.333. The van der Waals surface area contributed by atoms with Crippen LogP contribution in [-0.2, 0) is 0 Å². The van der Waals surface area contributed by atoms with Crippen molar-refractivity contribution in [2.24, 2.45) is 0 Å². The minimum absolute atomic E-state index is 0.333. The van der Waals surface area contributed by atoms with E-state index in [-0.39, 0.29) is 0 Å². The van der Waals surface area contributed by atoms with Crippen molar-refractivity contribution in [3.63, 3.8) is 0 Å². The molecule has 172 valence electrons. The SMILES string of the molecule is CCCCCCCCCCCCCCC(C)c1cc(C)cc(C)c1-c1ccc(O)cc1. The number of aromatic hydroxyl groups is 1. The Labute approximate surface area is 192 Å². The second kappa shape index (κ2) is 14.3. The van der Waals surface area contributed by atoms with E-state index in [4.69, 9.17) is 0 Å². The van der Waals surface area contributed by atoms with Gasteiger partial charge in [-0.2, -0.15) is 0 Å². The van der Waals surface area contributed by atoms with Gasteiger partial charge in [-0.3, -0.25) is 0 Å². The van der Waals surface area contributed by atoms with E-state index in [1.54, 1.807) is 12.1 Å². The molecule has 2 rings (SSSR count). The minimum Gasteiger partial charge on any atom is -0.508 e. The summed E-state index contributed by atoms with van der Waals surface area (Å²) in [5.41, 5.74) is 6.72. The maximum absolute atomic E-state index is 9.67. The molecule has 1 N–H and O–H groups in total. The maximum atomic E-state index is 9.67. The topological polar surface area (TPSA) is 20.2 Å². The summed E-state index contributed by atoms with van der Waals surface area (Å²) in [7, 11) is 0. The van der Waals surface area contributed by atoms with Crippen molar-refractivity contribution in [1.82, 2.24) is 0 Å². The smallest absolute Gasteiger partial charge is 0.115 e. The lowest BCUT2D eigenvalue weighted by atomic mass is 9.85. The van der Waals surface area contributed by atoms with Crippen molar-refractivity contribution >= 4 is 0 Å². The molecule has 31 heavy (non-hydrogen) atoms. The average Bonchev–Trinajstić information content (AvgIpc) is 2.74. The molecular weight excluding hydrogens is 376 g/mol. The van der Waals surface area contributed by atoms with E-state index in [1.165, 1.54) is 111 Å². The van der Waals surface area contributed by atoms with Gasteiger partial charge in [-0.15, -0.1) is 0 Å². The van der Waals surface area contributed by atoms with Gasteiger partial charge < -0.3 is 5.11 Å². The van der Waals surface area contributed by atoms with Crippen LogP contribution in [0, 0.1) is 13.8 Å². The van der Waals surface area contributed by atoms with Crippen molar-refractivity contribution in [2.75, 3.05) is 0 Å². The zero-order valence-electron chi connectivity index (χ0n) is 20.7. The van der Waals surface area contributed by atoms with Crippen LogP contribution in [0.3, 0.4) is 0 Å². The average molecular weight is 423 g/mol. The standard InChI is InChI=1S/C30H46O/c1-5-6-7-8-9-10-11-12-13-14-15-16-17-25(3)29-23-24(2)22-26(4)30(29)27-18-20-28(31)21-19-27/h18-23,25,31H,5-17H2,1-4H3. The highest BCUT2D eigenvalue weighted by molar-refractivity contribution is 5.72. The zero-order valence-corrected chi connectivity index (χ0v) is 20.7. The van der Waals surface area contributed by atoms with Gasteiger partial charge in [0.1, 0.15) is 5.75 Å². The highest BCUT2D eigenvalue weighted by atomic mass is 16.3. The Morgan fingerprint density at radius 3 is 1.77 bits per heavy atom. The van der Waals surface area contributed by atoms with Crippen molar-refractivity contribution in [3.8, 4) is 16.9 Å². The fraction of sp³-hybridized carbons (Fsp3) is 0.600. The van der Waals surface area contributed by atoms with Gasteiger partial charge in [0.15, 0.2) is 0 Å². The van der Waals surface area contributed by atoms with Gasteiger partial charge in [-0.05, 0) is 60.6 Å². The van der Waals surface area contributed by atoms with Crippen molar-refractivity contribution in [1.29, 1.82) is 0 Å². The van der Waals surface area contributed by atoms with Crippen LogP contribution in [0.15, 0.2) is 36.4 Å². The first kappa shape index (κ1) is 25.5. The van der Waals surface area contributed by atoms with Gasteiger partial charge >= 0.3 is 0 Å². The molecule has 0 spiro atoms. The molecule has 2 aromatic rings. The van der Waals surface area contributed by atoms with Crippen molar-refractivity contribution in [2.45, 2.75) is 117 Å². The van der Waals surface area contributed by atoms with Gasteiger partial charge in [0.05, 0.1) is 0 Å². The number of hydrogen-bond acceptors (Lipinski definition) is 1. The molecule has 0 aliphatic rings. The number of hydrogen-bond donors (Lipinski definition) is 1. The normalized spacial score (nSPS) is 12.3. The summed E-state index contributed by atoms with van der Waals surface area (Å²) < 4.78 is 0. The fourth-order valence-corrected chi connectivity index (χ4v) is 4.86. The first-order chi connectivity index (χ1) is 15.0. The third-order valence-corrected chi connectivity index (χ3v) is 6.69. The molecule has 0 saturated carbocycles. The molecule has 0 heterocycles. The predicted molar refractivity (Wildman–Crippen MR) is 137 cm³/mol. The van der Waals surface area contributed by atoms with Crippen LogP contribution in [-0.4, -0.2) is 5.11 Å². The molecule has 0 aliphatic carbocycles. The second-order valence-electron chi connectivity index (χ2n) is 9.67. The van der Waals surface area contributed by atoms with E-state index >= 15 is 0 Å². The van der Waals surface area contributed by atoms with Crippen LogP contribution in [0.5, 0.6) is 5.75 Å². The maximum Gasteiger partial charge on any atom is 0.115 e. The van der Waals surface area contributed by atoms with E-state index in [0.717, 1.165) is 0 Å². The van der Waals surface area contributed by atoms with Crippen molar-refractivity contribution in [3.05, 3.63) is 53.1 Å². The highest BCUT2D eigenvalue weighted by Crippen LogP contribution is 2.36. The molecule has 1 heteroatoms. The van der Waals surface area contributed by atoms with Crippen molar-refractivity contribution < 1.29 is 5.11 Å². The Morgan fingerprint density at radius 1 is 0.710 bits per heavy atom. The third-order valence-electron chi connectivity index (χ3n) is 6.69. The molecule has 0 amide bonds. The largest absolute Gasteiger partial charge is 0.508 e. The first-order valence-corrected chi connectivity index (χ1v) is 12.9. The summed E-state index contributed by atoms with van der Waals surface area (Å²) in [4.78, 5) is 0. The van der Waals surface area contributed by atoms with E-state index in [1.807, 2.05) is 12.1 Å². The monoisotopic (exact) mass is 422 g/mol. The molecule has 1 atom stereocenters. The number of benzene rings is 2. The molecule has 0 saturated heterocycles. The Balaban J connectivity index is 1.75. The summed E-state index contributed by atoms with van der Waals surface area (Å²) in [6.45, 7) is 9.09. The number of phenolic OH excluding ortho intramolecular Hbond substituents is 1. The Bertz CT molecular complexity index is 744. The van der Waals surface area contributed by atoms with E-state index in [2.05, 4.69) is 39.8 Å². The predicted octanol–water partition coefficient (Wildman–Crippen LogP) is 9.87. The Morgan fingerprint density at radius 2 is 1.23 bits per heavy atom. The number of rotatable bonds is 15. The van der Waals surface area contributed by atoms with Gasteiger partial charge in [0, 0.05) is 0 Å². The highest BCUT2D eigenvalue weighted by Gasteiger charge is 2.15. The summed E-state index contributed by atoms with van der Waals surface area (Å²) in [5, 5.41) is 9.67. The molecule has 0 radical (unpaired) electrons. The summed E-state index contributed by atoms with van der Waals surface area (Å²) >= 11 is 0. The molecule has 0 aromatic heterocycles. The van der Waals surface area contributed by atoms with Gasteiger partial charge in [-0.1, -0.05) is 121 Å². The third kappa shape index (κ3) is 9.09. The molecule has 1 unspecified atom stereocenters. The quantitative estimate of drug-likeness (QED) is 0.283. The van der Waals surface area contributed by atoms with Crippen LogP contribution in [0.25, 0.3) is 11.1 Å². The lowest BCUT2D eigenvalue weighted by Gasteiger charge is -2.20. The van der Waals surface area contributed by atoms with E-state index < -0.39 is 0 Å².